The molecule has 0 unspecified atom stereocenters. The molecule has 0 saturated carbocycles. The van der Waals surface area contributed by atoms with E-state index in [-0.39, 0.29) is 5.56 Å². The number of hydrogen-bond acceptors (Lipinski definition) is 2. The van der Waals surface area contributed by atoms with Gasteiger partial charge in [-0.2, -0.15) is 0 Å². The predicted molar refractivity (Wildman–Crippen MR) is 69.7 cm³/mol. The first-order chi connectivity index (χ1) is 8.11. The van der Waals surface area contributed by atoms with Crippen molar-refractivity contribution in [3.8, 4) is 11.3 Å². The normalized spacial score (nSPS) is 10.5. The number of benzene rings is 1. The van der Waals surface area contributed by atoms with E-state index >= 15 is 0 Å². The molecule has 17 heavy (non-hydrogen) atoms. The lowest BCUT2D eigenvalue weighted by Gasteiger charge is -2.06. The fourth-order valence-corrected chi connectivity index (χ4v) is 2.22. The van der Waals surface area contributed by atoms with Gasteiger partial charge in [-0.05, 0) is 24.6 Å². The average Bonchev–Trinajstić information content (AvgIpc) is 2.27. The Morgan fingerprint density at radius 2 is 1.88 bits per heavy atom. The minimum Gasteiger partial charge on any atom is -0.313 e. The van der Waals surface area contributed by atoms with Crippen LogP contribution in [0.1, 0.15) is 12.5 Å². The van der Waals surface area contributed by atoms with Crippen LogP contribution in [-0.2, 0) is 6.42 Å². The Bertz CT molecular complexity index is 587. The molecule has 1 aromatic heterocycles. The summed E-state index contributed by atoms with van der Waals surface area (Å²) in [7, 11) is 0. The second-order valence-corrected chi connectivity index (χ2v) is 4.44. The lowest BCUT2D eigenvalue weighted by atomic mass is 10.1. The van der Waals surface area contributed by atoms with Gasteiger partial charge in [0.05, 0.1) is 12.0 Å². The van der Waals surface area contributed by atoms with Crippen molar-refractivity contribution in [1.82, 2.24) is 9.97 Å². The summed E-state index contributed by atoms with van der Waals surface area (Å²) in [5.41, 5.74) is 1.88. The number of halogens is 2. The molecule has 0 bridgehead atoms. The molecule has 0 saturated heterocycles. The highest BCUT2D eigenvalue weighted by atomic mass is 35.5. The van der Waals surface area contributed by atoms with Crippen molar-refractivity contribution in [3.05, 3.63) is 50.5 Å². The number of nitrogens with one attached hydrogen (secondary N) is 1. The monoisotopic (exact) mass is 268 g/mol. The SMILES string of the molecule is CCc1c(-c2cc(Cl)cc(Cl)c2)nc[nH]c1=O. The van der Waals surface area contributed by atoms with E-state index in [4.69, 9.17) is 23.2 Å². The van der Waals surface area contributed by atoms with E-state index in [2.05, 4.69) is 9.97 Å². The molecule has 0 fully saturated rings. The maximum Gasteiger partial charge on any atom is 0.254 e. The van der Waals surface area contributed by atoms with E-state index in [1.165, 1.54) is 6.33 Å². The zero-order chi connectivity index (χ0) is 12.4. The quantitative estimate of drug-likeness (QED) is 0.909. The predicted octanol–water partition coefficient (Wildman–Crippen LogP) is 3.31. The molecule has 0 spiro atoms. The Morgan fingerprint density at radius 3 is 2.47 bits per heavy atom. The van der Waals surface area contributed by atoms with Crippen molar-refractivity contribution in [3.63, 3.8) is 0 Å². The summed E-state index contributed by atoms with van der Waals surface area (Å²) >= 11 is 11.9. The van der Waals surface area contributed by atoms with Gasteiger partial charge < -0.3 is 4.98 Å². The molecular formula is C12H10Cl2N2O. The molecule has 3 nitrogen and oxygen atoms in total. The smallest absolute Gasteiger partial charge is 0.254 e. The second-order valence-electron chi connectivity index (χ2n) is 3.57. The van der Waals surface area contributed by atoms with E-state index in [0.29, 0.717) is 27.7 Å². The Labute approximate surface area is 108 Å². The van der Waals surface area contributed by atoms with Gasteiger partial charge in [-0.25, -0.2) is 4.98 Å². The Hall–Kier alpha value is -1.32. The van der Waals surface area contributed by atoms with Crippen LogP contribution in [0.15, 0.2) is 29.3 Å². The summed E-state index contributed by atoms with van der Waals surface area (Å²) in [6.45, 7) is 1.90. The summed E-state index contributed by atoms with van der Waals surface area (Å²) in [6, 6.07) is 5.13. The van der Waals surface area contributed by atoms with E-state index in [9.17, 15) is 4.79 Å². The van der Waals surface area contributed by atoms with Crippen LogP contribution in [0.3, 0.4) is 0 Å². The molecule has 0 radical (unpaired) electrons. The van der Waals surface area contributed by atoms with Crippen molar-refractivity contribution in [2.45, 2.75) is 13.3 Å². The van der Waals surface area contributed by atoms with Gasteiger partial charge in [0.1, 0.15) is 0 Å². The number of H-pyrrole nitrogens is 1. The lowest BCUT2D eigenvalue weighted by Crippen LogP contribution is -2.14. The van der Waals surface area contributed by atoms with Gasteiger partial charge in [0.25, 0.3) is 5.56 Å². The van der Waals surface area contributed by atoms with Gasteiger partial charge in [-0.3, -0.25) is 4.79 Å². The van der Waals surface area contributed by atoms with Gasteiger partial charge in [-0.1, -0.05) is 30.1 Å². The van der Waals surface area contributed by atoms with Crippen LogP contribution < -0.4 is 5.56 Å². The molecule has 0 amide bonds. The summed E-state index contributed by atoms with van der Waals surface area (Å²) < 4.78 is 0. The highest BCUT2D eigenvalue weighted by Crippen LogP contribution is 2.26. The van der Waals surface area contributed by atoms with Crippen molar-refractivity contribution in [1.29, 1.82) is 0 Å². The molecular weight excluding hydrogens is 259 g/mol. The molecule has 0 aliphatic heterocycles. The highest BCUT2D eigenvalue weighted by Gasteiger charge is 2.10. The van der Waals surface area contributed by atoms with Gasteiger partial charge >= 0.3 is 0 Å². The third-order valence-electron chi connectivity index (χ3n) is 2.44. The number of aromatic nitrogens is 2. The number of nitrogens with zero attached hydrogens (tertiary/aromatic N) is 1. The molecule has 0 atom stereocenters. The van der Waals surface area contributed by atoms with Crippen molar-refractivity contribution in [2.24, 2.45) is 0 Å². The van der Waals surface area contributed by atoms with E-state index in [1.807, 2.05) is 6.92 Å². The van der Waals surface area contributed by atoms with Crippen LogP contribution in [0.25, 0.3) is 11.3 Å². The molecule has 1 heterocycles. The van der Waals surface area contributed by atoms with Crippen molar-refractivity contribution in [2.75, 3.05) is 0 Å². The Morgan fingerprint density at radius 1 is 1.24 bits per heavy atom. The number of aromatic amines is 1. The third kappa shape index (κ3) is 2.51. The Balaban J connectivity index is 2.68. The molecule has 88 valence electrons. The van der Waals surface area contributed by atoms with E-state index in [1.54, 1.807) is 18.2 Å². The van der Waals surface area contributed by atoms with Crippen LogP contribution >= 0.6 is 23.2 Å². The minimum absolute atomic E-state index is 0.131. The van der Waals surface area contributed by atoms with Crippen molar-refractivity contribution < 1.29 is 0 Å². The minimum atomic E-state index is -0.131. The molecule has 1 N–H and O–H groups in total. The first-order valence-corrected chi connectivity index (χ1v) is 5.90. The van der Waals surface area contributed by atoms with Crippen LogP contribution in [0, 0.1) is 0 Å². The zero-order valence-corrected chi connectivity index (χ0v) is 10.6. The van der Waals surface area contributed by atoms with Crippen LogP contribution in [0.2, 0.25) is 10.0 Å². The fourth-order valence-electron chi connectivity index (χ4n) is 1.70. The topological polar surface area (TPSA) is 45.8 Å². The molecule has 5 heteroatoms. The van der Waals surface area contributed by atoms with E-state index in [0.717, 1.165) is 5.56 Å². The first kappa shape index (κ1) is 12.1. The zero-order valence-electron chi connectivity index (χ0n) is 9.13. The summed E-state index contributed by atoms with van der Waals surface area (Å²) in [5.74, 6) is 0. The van der Waals surface area contributed by atoms with Crippen LogP contribution in [0.5, 0.6) is 0 Å². The summed E-state index contributed by atoms with van der Waals surface area (Å²) in [5, 5.41) is 1.05. The third-order valence-corrected chi connectivity index (χ3v) is 2.88. The number of rotatable bonds is 2. The molecule has 0 aliphatic carbocycles. The average molecular weight is 269 g/mol. The standard InChI is InChI=1S/C12H10Cl2N2O/c1-2-10-11(15-6-16-12(10)17)7-3-8(13)5-9(14)4-7/h3-6H,2H2,1H3,(H,15,16,17). The fraction of sp³-hybridized carbons (Fsp3) is 0.167. The largest absolute Gasteiger partial charge is 0.313 e. The van der Waals surface area contributed by atoms with Crippen LogP contribution in [-0.4, -0.2) is 9.97 Å². The molecule has 0 aliphatic rings. The van der Waals surface area contributed by atoms with Gasteiger partial charge in [0.2, 0.25) is 0 Å². The van der Waals surface area contributed by atoms with Gasteiger partial charge in [0, 0.05) is 21.2 Å². The summed E-state index contributed by atoms with van der Waals surface area (Å²) in [6.07, 6.45) is 1.98. The Kier molecular flexibility index (Phi) is 3.50. The second kappa shape index (κ2) is 4.90. The highest BCUT2D eigenvalue weighted by molar-refractivity contribution is 6.35. The van der Waals surface area contributed by atoms with E-state index < -0.39 is 0 Å². The number of hydrogen-bond donors (Lipinski definition) is 1. The maximum absolute atomic E-state index is 11.7. The molecule has 2 aromatic rings. The summed E-state index contributed by atoms with van der Waals surface area (Å²) in [4.78, 5) is 18.4. The van der Waals surface area contributed by atoms with Gasteiger partial charge in [-0.15, -0.1) is 0 Å². The lowest BCUT2D eigenvalue weighted by molar-refractivity contribution is 1.01. The van der Waals surface area contributed by atoms with Crippen molar-refractivity contribution >= 4 is 23.2 Å². The molecule has 2 rings (SSSR count). The maximum atomic E-state index is 11.7. The van der Waals surface area contributed by atoms with Crippen LogP contribution in [0.4, 0.5) is 0 Å². The molecule has 1 aromatic carbocycles. The van der Waals surface area contributed by atoms with Gasteiger partial charge in [0.15, 0.2) is 0 Å². The first-order valence-electron chi connectivity index (χ1n) is 5.15.